The van der Waals surface area contributed by atoms with E-state index in [0.29, 0.717) is 43.9 Å². The molecule has 3 aromatic rings. The fraction of sp³-hybridized carbons (Fsp3) is 0.375. The van der Waals surface area contributed by atoms with E-state index in [1.54, 1.807) is 4.90 Å². The number of benzene rings is 3. The molecule has 7 nitrogen and oxygen atoms in total. The molecule has 2 fully saturated rings. The third kappa shape index (κ3) is 5.97. The van der Waals surface area contributed by atoms with Crippen LogP contribution in [0.25, 0.3) is 0 Å². The first-order chi connectivity index (χ1) is 19.5. The number of piperazine rings is 1. The Morgan fingerprint density at radius 1 is 0.950 bits per heavy atom. The van der Waals surface area contributed by atoms with Crippen molar-refractivity contribution in [2.24, 2.45) is 5.92 Å². The first-order valence-corrected chi connectivity index (χ1v) is 14.1. The molecule has 2 heterocycles. The van der Waals surface area contributed by atoms with E-state index in [1.165, 1.54) is 6.07 Å². The number of para-hydroxylation sites is 1. The molecule has 40 heavy (non-hydrogen) atoms. The van der Waals surface area contributed by atoms with Gasteiger partial charge in [-0.05, 0) is 73.5 Å². The number of carbonyl (C=O) groups is 2. The highest BCUT2D eigenvalue weighted by Gasteiger charge is 2.31. The number of halogens is 1. The highest BCUT2D eigenvalue weighted by molar-refractivity contribution is 5.96. The zero-order valence-electron chi connectivity index (χ0n) is 23.3. The van der Waals surface area contributed by atoms with Gasteiger partial charge in [0.15, 0.2) is 0 Å². The van der Waals surface area contributed by atoms with Crippen molar-refractivity contribution in [3.05, 3.63) is 83.7 Å². The molecule has 0 bridgehead atoms. The lowest BCUT2D eigenvalue weighted by Gasteiger charge is -2.37. The average molecular weight is 544 g/mol. The van der Waals surface area contributed by atoms with Gasteiger partial charge < -0.3 is 30.1 Å². The molecular weight excluding hydrogens is 505 g/mol. The van der Waals surface area contributed by atoms with Crippen molar-refractivity contribution >= 4 is 34.9 Å². The molecule has 2 saturated heterocycles. The molecule has 2 aliphatic rings. The Morgan fingerprint density at radius 3 is 2.33 bits per heavy atom. The molecule has 1 amide bonds. The Bertz CT molecular complexity index is 1320. The maximum absolute atomic E-state index is 15.2. The number of nitrogens with zero attached hydrogens (tertiary/aromatic N) is 3. The lowest BCUT2D eigenvalue weighted by atomic mass is 9.92. The van der Waals surface area contributed by atoms with Crippen LogP contribution in [-0.2, 0) is 16.0 Å². The number of carbonyl (C=O) groups excluding carboxylic acids is 2. The lowest BCUT2D eigenvalue weighted by Crippen LogP contribution is -2.46. The number of rotatable bonds is 10. The average Bonchev–Trinajstić information content (AvgIpc) is 3.36. The van der Waals surface area contributed by atoms with Crippen LogP contribution in [0.1, 0.15) is 23.5 Å². The number of aldehydes is 1. The van der Waals surface area contributed by atoms with Gasteiger partial charge in [0, 0.05) is 69.2 Å². The SMILES string of the molecule is CNCC1CC(=O)N(c2ccc(N3CCN(c4ccc(CC(C=O)c5ccccc5NC)cc4)CC3)c(F)c2)C1. The predicted molar refractivity (Wildman–Crippen MR) is 160 cm³/mol. The normalized spacial score (nSPS) is 18.2. The second-order valence-electron chi connectivity index (χ2n) is 10.7. The minimum absolute atomic E-state index is 0.0523. The van der Waals surface area contributed by atoms with Crippen LogP contribution in [-0.4, -0.2) is 65.6 Å². The molecule has 5 rings (SSSR count). The third-order valence-electron chi connectivity index (χ3n) is 8.11. The molecule has 0 saturated carbocycles. The van der Waals surface area contributed by atoms with Crippen LogP contribution < -0.4 is 25.3 Å². The quantitative estimate of drug-likeness (QED) is 0.372. The molecule has 8 heteroatoms. The summed E-state index contributed by atoms with van der Waals surface area (Å²) in [4.78, 5) is 30.5. The van der Waals surface area contributed by atoms with Gasteiger partial charge in [-0.2, -0.15) is 0 Å². The Morgan fingerprint density at radius 2 is 1.65 bits per heavy atom. The lowest BCUT2D eigenvalue weighted by molar-refractivity contribution is -0.117. The summed E-state index contributed by atoms with van der Waals surface area (Å²) in [5.74, 6) is -0.192. The number of hydrogen-bond acceptors (Lipinski definition) is 6. The molecule has 2 atom stereocenters. The zero-order valence-corrected chi connectivity index (χ0v) is 23.3. The van der Waals surface area contributed by atoms with Crippen LogP contribution in [0.5, 0.6) is 0 Å². The van der Waals surface area contributed by atoms with Gasteiger partial charge in [0.25, 0.3) is 0 Å². The minimum atomic E-state index is -0.287. The van der Waals surface area contributed by atoms with E-state index in [1.807, 2.05) is 50.5 Å². The van der Waals surface area contributed by atoms with Crippen LogP contribution in [0.15, 0.2) is 66.7 Å². The summed E-state index contributed by atoms with van der Waals surface area (Å²) in [7, 11) is 3.75. The molecule has 0 aromatic heterocycles. The van der Waals surface area contributed by atoms with Crippen LogP contribution in [0.3, 0.4) is 0 Å². The van der Waals surface area contributed by atoms with E-state index < -0.39 is 0 Å². The van der Waals surface area contributed by atoms with Gasteiger partial charge in [0.05, 0.1) is 5.69 Å². The van der Waals surface area contributed by atoms with Gasteiger partial charge in [0.1, 0.15) is 12.1 Å². The van der Waals surface area contributed by atoms with Gasteiger partial charge in [-0.15, -0.1) is 0 Å². The van der Waals surface area contributed by atoms with Crippen LogP contribution in [0.4, 0.5) is 27.1 Å². The van der Waals surface area contributed by atoms with Crippen molar-refractivity contribution in [2.45, 2.75) is 18.8 Å². The van der Waals surface area contributed by atoms with E-state index in [0.717, 1.165) is 48.4 Å². The maximum Gasteiger partial charge on any atom is 0.227 e. The standard InChI is InChI=1S/C32H38FN5O2/c1-34-20-24-18-32(40)38(21-24)27-11-12-31(29(33)19-27)37-15-13-36(14-16-37)26-9-7-23(8-10-26)17-25(22-39)28-5-3-4-6-30(28)35-2/h3-12,19,22,24-25,34-35H,13-18,20-21H2,1-2H3. The highest BCUT2D eigenvalue weighted by Crippen LogP contribution is 2.31. The van der Waals surface area contributed by atoms with Crippen molar-refractivity contribution in [1.82, 2.24) is 5.32 Å². The van der Waals surface area contributed by atoms with E-state index in [4.69, 9.17) is 0 Å². The van der Waals surface area contributed by atoms with Crippen molar-refractivity contribution in [1.29, 1.82) is 0 Å². The molecule has 2 aliphatic heterocycles. The summed E-state index contributed by atoms with van der Waals surface area (Å²) in [5.41, 5.74) is 5.43. The predicted octanol–water partition coefficient (Wildman–Crippen LogP) is 4.29. The molecule has 0 radical (unpaired) electrons. The zero-order chi connectivity index (χ0) is 28.1. The number of amides is 1. The minimum Gasteiger partial charge on any atom is -0.388 e. The maximum atomic E-state index is 15.2. The summed E-state index contributed by atoms with van der Waals surface area (Å²) in [5, 5.41) is 6.30. The van der Waals surface area contributed by atoms with Gasteiger partial charge in [-0.1, -0.05) is 30.3 Å². The van der Waals surface area contributed by atoms with Gasteiger partial charge >= 0.3 is 0 Å². The molecule has 2 unspecified atom stereocenters. The van der Waals surface area contributed by atoms with Crippen molar-refractivity contribution in [2.75, 3.05) is 73.4 Å². The van der Waals surface area contributed by atoms with Crippen molar-refractivity contribution in [3.63, 3.8) is 0 Å². The van der Waals surface area contributed by atoms with E-state index in [9.17, 15) is 9.59 Å². The topological polar surface area (TPSA) is 67.9 Å². The number of anilines is 4. The van der Waals surface area contributed by atoms with Crippen molar-refractivity contribution in [3.8, 4) is 0 Å². The third-order valence-corrected chi connectivity index (χ3v) is 8.11. The smallest absolute Gasteiger partial charge is 0.227 e. The molecule has 0 aliphatic carbocycles. The fourth-order valence-electron chi connectivity index (χ4n) is 5.96. The van der Waals surface area contributed by atoms with Gasteiger partial charge in [-0.25, -0.2) is 4.39 Å². The molecule has 3 aromatic carbocycles. The summed E-state index contributed by atoms with van der Waals surface area (Å²) in [6.07, 6.45) is 2.17. The molecule has 0 spiro atoms. The first-order valence-electron chi connectivity index (χ1n) is 14.1. The summed E-state index contributed by atoms with van der Waals surface area (Å²) in [6, 6.07) is 21.5. The Balaban J connectivity index is 1.18. The molecule has 2 N–H and O–H groups in total. The largest absolute Gasteiger partial charge is 0.388 e. The summed E-state index contributed by atoms with van der Waals surface area (Å²) in [6.45, 7) is 4.37. The Hall–Kier alpha value is -3.91. The first kappa shape index (κ1) is 27.6. The highest BCUT2D eigenvalue weighted by atomic mass is 19.1. The number of nitrogens with one attached hydrogen (secondary N) is 2. The van der Waals surface area contributed by atoms with Gasteiger partial charge in [-0.3, -0.25) is 4.79 Å². The van der Waals surface area contributed by atoms with E-state index in [2.05, 4.69) is 44.7 Å². The summed E-state index contributed by atoms with van der Waals surface area (Å²) >= 11 is 0. The molecule has 210 valence electrons. The van der Waals surface area contributed by atoms with E-state index >= 15 is 4.39 Å². The second-order valence-corrected chi connectivity index (χ2v) is 10.7. The Kier molecular flexibility index (Phi) is 8.65. The van der Waals surface area contributed by atoms with Gasteiger partial charge in [0.2, 0.25) is 5.91 Å². The molecular formula is C32H38FN5O2. The fourth-order valence-corrected chi connectivity index (χ4v) is 5.96. The summed E-state index contributed by atoms with van der Waals surface area (Å²) < 4.78 is 15.2. The van der Waals surface area contributed by atoms with Crippen molar-refractivity contribution < 1.29 is 14.0 Å². The van der Waals surface area contributed by atoms with Crippen LogP contribution in [0, 0.1) is 11.7 Å². The second kappa shape index (κ2) is 12.5. The Labute approximate surface area is 236 Å². The van der Waals surface area contributed by atoms with Crippen LogP contribution >= 0.6 is 0 Å². The van der Waals surface area contributed by atoms with E-state index in [-0.39, 0.29) is 23.6 Å². The monoisotopic (exact) mass is 543 g/mol. The van der Waals surface area contributed by atoms with Crippen LogP contribution in [0.2, 0.25) is 0 Å². The number of hydrogen-bond donors (Lipinski definition) is 2.